The molecule has 0 amide bonds. The van der Waals surface area contributed by atoms with Crippen LogP contribution in [0.2, 0.25) is 0 Å². The summed E-state index contributed by atoms with van der Waals surface area (Å²) in [5.41, 5.74) is 2.29. The maximum Gasteiger partial charge on any atom is 0.0738 e. The van der Waals surface area contributed by atoms with E-state index in [2.05, 4.69) is 44.9 Å². The van der Waals surface area contributed by atoms with Crippen molar-refractivity contribution in [2.45, 2.75) is 39.8 Å². The summed E-state index contributed by atoms with van der Waals surface area (Å²) in [4.78, 5) is 0. The average Bonchev–Trinajstić information content (AvgIpc) is 2.57. The van der Waals surface area contributed by atoms with Gasteiger partial charge in [0.1, 0.15) is 0 Å². The number of nitrogens with zero attached hydrogens (tertiary/aromatic N) is 2. The molecule has 5 heteroatoms. The quantitative estimate of drug-likeness (QED) is 0.839. The fraction of sp³-hybridized carbons (Fsp3) is 0.750. The number of methoxy groups -OCH3 is 1. The molecule has 0 bridgehead atoms. The van der Waals surface area contributed by atoms with E-state index in [9.17, 15) is 0 Å². The van der Waals surface area contributed by atoms with E-state index >= 15 is 0 Å². The molecule has 1 aromatic rings. The molecule has 1 unspecified atom stereocenters. The molecule has 1 heterocycles. The molecule has 0 radical (unpaired) electrons. The molecule has 0 saturated carbocycles. The minimum Gasteiger partial charge on any atom is -0.383 e. The number of halogens is 1. The maximum absolute atomic E-state index is 5.24. The number of hydrogen-bond donors (Lipinski definition) is 1. The molecule has 1 atom stereocenters. The first-order valence-corrected chi connectivity index (χ1v) is 6.87. The van der Waals surface area contributed by atoms with E-state index < -0.39 is 0 Å². The van der Waals surface area contributed by atoms with Gasteiger partial charge in [-0.1, -0.05) is 6.92 Å². The second-order valence-electron chi connectivity index (χ2n) is 4.08. The van der Waals surface area contributed by atoms with E-state index in [1.54, 1.807) is 7.11 Å². The molecule has 0 spiro atoms. The molecule has 0 saturated heterocycles. The Kier molecular flexibility index (Phi) is 6.16. The zero-order valence-electron chi connectivity index (χ0n) is 11.1. The van der Waals surface area contributed by atoms with Crippen LogP contribution in [0.15, 0.2) is 4.47 Å². The highest BCUT2D eigenvalue weighted by atomic mass is 79.9. The van der Waals surface area contributed by atoms with Gasteiger partial charge >= 0.3 is 0 Å². The molecule has 1 N–H and O–H groups in total. The van der Waals surface area contributed by atoms with Crippen molar-refractivity contribution in [2.24, 2.45) is 0 Å². The van der Waals surface area contributed by atoms with Gasteiger partial charge in [0.15, 0.2) is 0 Å². The summed E-state index contributed by atoms with van der Waals surface area (Å²) in [5, 5.41) is 7.94. The fourth-order valence-corrected chi connectivity index (χ4v) is 2.42. The standard InChI is InChI=1S/C12H22BrN3O/c1-5-14-10(8-17-4)7-11-12(13)9(3)15-16(11)6-2/h10,14H,5-8H2,1-4H3. The summed E-state index contributed by atoms with van der Waals surface area (Å²) >= 11 is 3.62. The molecule has 0 aliphatic rings. The Morgan fingerprint density at radius 2 is 2.18 bits per heavy atom. The van der Waals surface area contributed by atoms with Gasteiger partial charge in [-0.2, -0.15) is 5.10 Å². The summed E-state index contributed by atoms with van der Waals surface area (Å²) in [5.74, 6) is 0. The van der Waals surface area contributed by atoms with Crippen molar-refractivity contribution in [3.63, 3.8) is 0 Å². The van der Waals surface area contributed by atoms with Crippen LogP contribution in [0.3, 0.4) is 0 Å². The summed E-state index contributed by atoms with van der Waals surface area (Å²) in [7, 11) is 1.74. The Balaban J connectivity index is 2.83. The van der Waals surface area contributed by atoms with Gasteiger partial charge in [-0.25, -0.2) is 0 Å². The Morgan fingerprint density at radius 1 is 1.47 bits per heavy atom. The summed E-state index contributed by atoms with van der Waals surface area (Å²) in [6.07, 6.45) is 0.928. The van der Waals surface area contributed by atoms with Crippen molar-refractivity contribution in [1.82, 2.24) is 15.1 Å². The molecule has 1 rings (SSSR count). The fourth-order valence-electron chi connectivity index (χ4n) is 1.98. The van der Waals surface area contributed by atoms with Crippen molar-refractivity contribution in [3.05, 3.63) is 15.9 Å². The van der Waals surface area contributed by atoms with Crippen molar-refractivity contribution in [2.75, 3.05) is 20.3 Å². The van der Waals surface area contributed by atoms with Gasteiger partial charge in [-0.05, 0) is 36.3 Å². The normalized spacial score (nSPS) is 13.0. The number of likely N-dealkylation sites (N-methyl/N-ethyl adjacent to an activating group) is 1. The summed E-state index contributed by atoms with van der Waals surface area (Å²) in [6, 6.07) is 0.336. The van der Waals surface area contributed by atoms with Crippen LogP contribution in [0.5, 0.6) is 0 Å². The third kappa shape index (κ3) is 3.79. The number of aromatic nitrogens is 2. The van der Waals surface area contributed by atoms with Crippen LogP contribution in [0, 0.1) is 6.92 Å². The molecular weight excluding hydrogens is 282 g/mol. The number of aryl methyl sites for hydroxylation is 2. The predicted octanol–water partition coefficient (Wildman–Crippen LogP) is 2.14. The highest BCUT2D eigenvalue weighted by Crippen LogP contribution is 2.22. The number of rotatable bonds is 7. The number of hydrogen-bond acceptors (Lipinski definition) is 3. The van der Waals surface area contributed by atoms with Crippen LogP contribution in [-0.4, -0.2) is 36.1 Å². The molecule has 0 fully saturated rings. The van der Waals surface area contributed by atoms with Gasteiger partial charge in [0.2, 0.25) is 0 Å². The van der Waals surface area contributed by atoms with Gasteiger partial charge < -0.3 is 10.1 Å². The highest BCUT2D eigenvalue weighted by molar-refractivity contribution is 9.10. The Labute approximate surface area is 112 Å². The molecule has 0 aromatic carbocycles. The molecule has 0 aliphatic heterocycles. The van der Waals surface area contributed by atoms with Gasteiger partial charge in [0.05, 0.1) is 22.5 Å². The molecule has 98 valence electrons. The lowest BCUT2D eigenvalue weighted by molar-refractivity contribution is 0.166. The minimum atomic E-state index is 0.336. The van der Waals surface area contributed by atoms with E-state index in [-0.39, 0.29) is 0 Å². The number of ether oxygens (including phenoxy) is 1. The van der Waals surface area contributed by atoms with E-state index in [1.807, 2.05) is 6.92 Å². The summed E-state index contributed by atoms with van der Waals surface area (Å²) < 4.78 is 8.42. The first-order valence-electron chi connectivity index (χ1n) is 6.08. The Hall–Kier alpha value is -0.390. The van der Waals surface area contributed by atoms with Gasteiger partial charge in [-0.15, -0.1) is 0 Å². The summed E-state index contributed by atoms with van der Waals surface area (Å²) in [6.45, 7) is 8.81. The van der Waals surface area contributed by atoms with Crippen molar-refractivity contribution in [3.8, 4) is 0 Å². The van der Waals surface area contributed by atoms with Crippen LogP contribution in [0.25, 0.3) is 0 Å². The van der Waals surface area contributed by atoms with E-state index in [4.69, 9.17) is 4.74 Å². The lowest BCUT2D eigenvalue weighted by Crippen LogP contribution is -2.35. The van der Waals surface area contributed by atoms with Crippen LogP contribution < -0.4 is 5.32 Å². The molecule has 17 heavy (non-hydrogen) atoms. The Morgan fingerprint density at radius 3 is 2.71 bits per heavy atom. The maximum atomic E-state index is 5.24. The predicted molar refractivity (Wildman–Crippen MR) is 73.4 cm³/mol. The van der Waals surface area contributed by atoms with Crippen molar-refractivity contribution >= 4 is 15.9 Å². The van der Waals surface area contributed by atoms with Gasteiger partial charge in [0, 0.05) is 26.1 Å². The molecule has 1 aromatic heterocycles. The molecule has 4 nitrogen and oxygen atoms in total. The second kappa shape index (κ2) is 7.13. The van der Waals surface area contributed by atoms with Crippen molar-refractivity contribution in [1.29, 1.82) is 0 Å². The van der Waals surface area contributed by atoms with E-state index in [0.29, 0.717) is 12.6 Å². The van der Waals surface area contributed by atoms with Crippen molar-refractivity contribution < 1.29 is 4.74 Å². The lowest BCUT2D eigenvalue weighted by atomic mass is 10.1. The Bertz CT molecular complexity index is 346. The topological polar surface area (TPSA) is 39.1 Å². The lowest BCUT2D eigenvalue weighted by Gasteiger charge is -2.17. The monoisotopic (exact) mass is 303 g/mol. The third-order valence-corrected chi connectivity index (χ3v) is 3.78. The minimum absolute atomic E-state index is 0.336. The average molecular weight is 304 g/mol. The first-order chi connectivity index (χ1) is 8.13. The van der Waals surface area contributed by atoms with Crippen LogP contribution in [0.1, 0.15) is 25.2 Å². The highest BCUT2D eigenvalue weighted by Gasteiger charge is 2.16. The third-order valence-electron chi connectivity index (χ3n) is 2.75. The SMILES string of the molecule is CCNC(COC)Cc1c(Br)c(C)nn1CC. The van der Waals surface area contributed by atoms with E-state index in [1.165, 1.54) is 5.69 Å². The van der Waals surface area contributed by atoms with Gasteiger partial charge in [-0.3, -0.25) is 4.68 Å². The largest absolute Gasteiger partial charge is 0.383 e. The number of nitrogens with one attached hydrogen (secondary N) is 1. The van der Waals surface area contributed by atoms with E-state index in [0.717, 1.165) is 29.7 Å². The van der Waals surface area contributed by atoms with Gasteiger partial charge in [0.25, 0.3) is 0 Å². The van der Waals surface area contributed by atoms with Crippen LogP contribution in [0.4, 0.5) is 0 Å². The molecule has 0 aliphatic carbocycles. The molecular formula is C12H22BrN3O. The van der Waals surface area contributed by atoms with Crippen LogP contribution in [-0.2, 0) is 17.7 Å². The second-order valence-corrected chi connectivity index (χ2v) is 4.87. The smallest absolute Gasteiger partial charge is 0.0738 e. The van der Waals surface area contributed by atoms with Crippen LogP contribution >= 0.6 is 15.9 Å². The zero-order valence-corrected chi connectivity index (χ0v) is 12.7. The zero-order chi connectivity index (χ0) is 12.8. The first kappa shape index (κ1) is 14.7.